The van der Waals surface area contributed by atoms with Gasteiger partial charge in [-0.25, -0.2) is 0 Å². The number of aryl methyl sites for hydroxylation is 1. The predicted octanol–water partition coefficient (Wildman–Crippen LogP) is 3.05. The molecule has 0 radical (unpaired) electrons. The third-order valence-corrected chi connectivity index (χ3v) is 5.12. The van der Waals surface area contributed by atoms with Gasteiger partial charge in [0, 0.05) is 5.56 Å². The number of rotatable bonds is 4. The van der Waals surface area contributed by atoms with Crippen LogP contribution < -0.4 is 15.0 Å². The molecule has 0 bridgehead atoms. The molecular weight excluding hydrogens is 384 g/mol. The normalized spacial score (nSPS) is 11.9. The Labute approximate surface area is 172 Å². The lowest BCUT2D eigenvalue weighted by Gasteiger charge is -2.16. The number of aromatic nitrogens is 1. The van der Waals surface area contributed by atoms with Crippen LogP contribution in [-0.4, -0.2) is 22.2 Å². The Bertz CT molecular complexity index is 1270. The number of ether oxygens (including phenoxy) is 2. The van der Waals surface area contributed by atoms with E-state index in [2.05, 4.69) is 0 Å². The van der Waals surface area contributed by atoms with Gasteiger partial charge in [-0.2, -0.15) is 5.26 Å². The summed E-state index contributed by atoms with van der Waals surface area (Å²) in [4.78, 5) is 26.0. The molecule has 1 aromatic heterocycles. The van der Waals surface area contributed by atoms with Gasteiger partial charge in [0.25, 0.3) is 5.56 Å². The van der Waals surface area contributed by atoms with Gasteiger partial charge in [-0.05, 0) is 37.1 Å². The lowest BCUT2D eigenvalue weighted by molar-refractivity contribution is 0.103. The van der Waals surface area contributed by atoms with E-state index in [4.69, 9.17) is 9.47 Å². The second-order valence-corrected chi connectivity index (χ2v) is 7.08. The molecule has 0 saturated carbocycles. The van der Waals surface area contributed by atoms with Crippen LogP contribution in [0.3, 0.4) is 0 Å². The maximum atomic E-state index is 13.1. The molecule has 0 unspecified atom stereocenters. The van der Waals surface area contributed by atoms with Gasteiger partial charge in [0.05, 0.1) is 12.1 Å². The zero-order chi connectivity index (χ0) is 21.4. The van der Waals surface area contributed by atoms with E-state index in [9.17, 15) is 20.0 Å². The van der Waals surface area contributed by atoms with E-state index in [1.54, 1.807) is 42.5 Å². The van der Waals surface area contributed by atoms with Crippen LogP contribution in [0.25, 0.3) is 0 Å². The number of pyridine rings is 1. The van der Waals surface area contributed by atoms with E-state index in [1.165, 1.54) is 6.92 Å². The molecule has 0 fully saturated rings. The Balaban J connectivity index is 1.84. The topological polar surface area (TPSA) is 102 Å². The number of fused-ring (bicyclic) bond motifs is 1. The van der Waals surface area contributed by atoms with Gasteiger partial charge in [-0.15, -0.1) is 0 Å². The molecule has 0 spiro atoms. The highest BCUT2D eigenvalue weighted by atomic mass is 16.7. The van der Waals surface area contributed by atoms with Crippen molar-refractivity contribution in [2.24, 2.45) is 0 Å². The molecule has 1 aliphatic heterocycles. The van der Waals surface area contributed by atoms with Crippen molar-refractivity contribution in [1.82, 2.24) is 4.57 Å². The average Bonchev–Trinajstić information content (AvgIpc) is 3.20. The average molecular weight is 402 g/mol. The Morgan fingerprint density at radius 1 is 1.13 bits per heavy atom. The molecule has 0 aliphatic carbocycles. The molecular formula is C23H18N2O5. The highest BCUT2D eigenvalue weighted by Gasteiger charge is 2.25. The van der Waals surface area contributed by atoms with Gasteiger partial charge in [-0.3, -0.25) is 14.2 Å². The Hall–Kier alpha value is -4.05. The van der Waals surface area contributed by atoms with Crippen molar-refractivity contribution in [1.29, 1.82) is 5.26 Å². The van der Waals surface area contributed by atoms with Gasteiger partial charge in [0.15, 0.2) is 17.3 Å². The fourth-order valence-electron chi connectivity index (χ4n) is 3.44. The van der Waals surface area contributed by atoms with Crippen LogP contribution in [0.2, 0.25) is 0 Å². The van der Waals surface area contributed by atoms with Gasteiger partial charge < -0.3 is 14.6 Å². The Morgan fingerprint density at radius 3 is 2.53 bits per heavy atom. The zero-order valence-corrected chi connectivity index (χ0v) is 16.4. The molecule has 0 amide bonds. The highest BCUT2D eigenvalue weighted by Crippen LogP contribution is 2.33. The van der Waals surface area contributed by atoms with Crippen LogP contribution in [0.15, 0.2) is 47.3 Å². The first-order chi connectivity index (χ1) is 14.4. The first-order valence-corrected chi connectivity index (χ1v) is 9.27. The second kappa shape index (κ2) is 7.41. The molecule has 0 saturated heterocycles. The van der Waals surface area contributed by atoms with Crippen molar-refractivity contribution in [2.45, 2.75) is 20.4 Å². The van der Waals surface area contributed by atoms with Gasteiger partial charge in [0.2, 0.25) is 12.7 Å². The Morgan fingerprint density at radius 2 is 1.83 bits per heavy atom. The molecule has 2 heterocycles. The SMILES string of the molecule is Cc1ccc(C(=O)c2c(C)c(C#N)c(=O)n(Cc3ccc4c(c3)OCO4)c2O)cc1. The van der Waals surface area contributed by atoms with E-state index in [0.717, 1.165) is 10.1 Å². The standard InChI is InChI=1S/C23H18N2O5/c1-13-3-6-16(7-4-13)21(26)20-14(2)17(10-24)22(27)25(23(20)28)11-15-5-8-18-19(9-15)30-12-29-18/h3-9,28H,11-12H2,1-2H3. The summed E-state index contributed by atoms with van der Waals surface area (Å²) in [6, 6.07) is 13.9. The summed E-state index contributed by atoms with van der Waals surface area (Å²) in [6.07, 6.45) is 0. The monoisotopic (exact) mass is 402 g/mol. The minimum absolute atomic E-state index is 0.0373. The fourth-order valence-corrected chi connectivity index (χ4v) is 3.44. The quantitative estimate of drug-likeness (QED) is 0.673. The van der Waals surface area contributed by atoms with Crippen LogP contribution in [-0.2, 0) is 6.54 Å². The molecule has 150 valence electrons. The summed E-state index contributed by atoms with van der Waals surface area (Å²) in [5.74, 6) is 0.191. The predicted molar refractivity (Wildman–Crippen MR) is 108 cm³/mol. The highest BCUT2D eigenvalue weighted by molar-refractivity contribution is 6.11. The zero-order valence-electron chi connectivity index (χ0n) is 16.4. The summed E-state index contributed by atoms with van der Waals surface area (Å²) in [5.41, 5.74) is 1.25. The van der Waals surface area contributed by atoms with Crippen LogP contribution >= 0.6 is 0 Å². The van der Waals surface area contributed by atoms with E-state index in [-0.39, 0.29) is 30.0 Å². The van der Waals surface area contributed by atoms with Gasteiger partial charge in [-0.1, -0.05) is 35.9 Å². The van der Waals surface area contributed by atoms with Crippen molar-refractivity contribution in [2.75, 3.05) is 6.79 Å². The molecule has 2 aromatic carbocycles. The van der Waals surface area contributed by atoms with Crippen molar-refractivity contribution in [3.8, 4) is 23.4 Å². The van der Waals surface area contributed by atoms with E-state index in [0.29, 0.717) is 22.6 Å². The van der Waals surface area contributed by atoms with Crippen molar-refractivity contribution in [3.63, 3.8) is 0 Å². The number of aromatic hydroxyl groups is 1. The summed E-state index contributed by atoms with van der Waals surface area (Å²) in [5, 5.41) is 20.4. The molecule has 30 heavy (non-hydrogen) atoms. The second-order valence-electron chi connectivity index (χ2n) is 7.08. The summed E-state index contributed by atoms with van der Waals surface area (Å²) >= 11 is 0. The van der Waals surface area contributed by atoms with Crippen LogP contribution in [0.4, 0.5) is 0 Å². The lowest BCUT2D eigenvalue weighted by Crippen LogP contribution is -2.27. The number of benzene rings is 2. The molecule has 3 aromatic rings. The molecule has 0 atom stereocenters. The number of hydrogen-bond acceptors (Lipinski definition) is 6. The van der Waals surface area contributed by atoms with E-state index < -0.39 is 17.2 Å². The van der Waals surface area contributed by atoms with E-state index >= 15 is 0 Å². The first kappa shape index (κ1) is 19.3. The van der Waals surface area contributed by atoms with Gasteiger partial charge >= 0.3 is 0 Å². The molecule has 1 N–H and O–H groups in total. The van der Waals surface area contributed by atoms with E-state index in [1.807, 2.05) is 13.0 Å². The minimum atomic E-state index is -0.661. The molecule has 1 aliphatic rings. The lowest BCUT2D eigenvalue weighted by atomic mass is 9.96. The van der Waals surface area contributed by atoms with Crippen LogP contribution in [0.1, 0.15) is 38.2 Å². The largest absolute Gasteiger partial charge is 0.494 e. The summed E-state index contributed by atoms with van der Waals surface area (Å²) in [6.45, 7) is 3.47. The molecule has 7 heteroatoms. The number of carbonyl (C=O) groups excluding carboxylic acids is 1. The maximum Gasteiger partial charge on any atom is 0.271 e. The third-order valence-electron chi connectivity index (χ3n) is 5.12. The maximum absolute atomic E-state index is 13.1. The number of carbonyl (C=O) groups is 1. The van der Waals surface area contributed by atoms with Crippen LogP contribution in [0, 0.1) is 25.2 Å². The fraction of sp³-hybridized carbons (Fsp3) is 0.174. The third kappa shape index (κ3) is 3.18. The van der Waals surface area contributed by atoms with Crippen molar-refractivity contribution in [3.05, 3.63) is 86.2 Å². The summed E-state index contributed by atoms with van der Waals surface area (Å²) < 4.78 is 11.7. The van der Waals surface area contributed by atoms with Crippen LogP contribution in [0.5, 0.6) is 17.4 Å². The number of hydrogen-bond donors (Lipinski definition) is 1. The molecule has 4 rings (SSSR count). The van der Waals surface area contributed by atoms with Crippen molar-refractivity contribution >= 4 is 5.78 Å². The van der Waals surface area contributed by atoms with Gasteiger partial charge in [0.1, 0.15) is 11.6 Å². The number of nitriles is 1. The Kier molecular flexibility index (Phi) is 4.76. The summed E-state index contributed by atoms with van der Waals surface area (Å²) in [7, 11) is 0. The molecule has 7 nitrogen and oxygen atoms in total. The minimum Gasteiger partial charge on any atom is -0.494 e. The number of nitrogens with zero attached hydrogens (tertiary/aromatic N) is 2. The smallest absolute Gasteiger partial charge is 0.271 e. The first-order valence-electron chi connectivity index (χ1n) is 9.27. The van der Waals surface area contributed by atoms with Crippen molar-refractivity contribution < 1.29 is 19.4 Å². The number of ketones is 1.